The molecule has 0 amide bonds. The second kappa shape index (κ2) is 5.85. The highest BCUT2D eigenvalue weighted by molar-refractivity contribution is 7.89. The van der Waals surface area contributed by atoms with Gasteiger partial charge in [-0.1, -0.05) is 6.07 Å². The Bertz CT molecular complexity index is 559. The number of benzene rings is 1. The first-order chi connectivity index (χ1) is 8.36. The summed E-state index contributed by atoms with van der Waals surface area (Å²) in [5, 5.41) is 11.9. The van der Waals surface area contributed by atoms with E-state index >= 15 is 0 Å². The van der Waals surface area contributed by atoms with E-state index in [9.17, 15) is 8.42 Å². The number of nitrogens with one attached hydrogen (secondary N) is 1. The molecule has 1 aromatic carbocycles. The molecule has 5 nitrogen and oxygen atoms in total. The minimum Gasteiger partial charge on any atom is -0.383 e. The summed E-state index contributed by atoms with van der Waals surface area (Å²) in [5.41, 5.74) is 2.21. The smallest absolute Gasteiger partial charge is 0.215 e. The van der Waals surface area contributed by atoms with Gasteiger partial charge in [0, 0.05) is 20.6 Å². The summed E-state index contributed by atoms with van der Waals surface area (Å²) in [6.07, 6.45) is 0. The van der Waals surface area contributed by atoms with Crippen molar-refractivity contribution in [2.24, 2.45) is 0 Å². The Hall–Kier alpha value is -1.58. The van der Waals surface area contributed by atoms with Crippen molar-refractivity contribution in [1.82, 2.24) is 4.31 Å². The first-order valence-electron chi connectivity index (χ1n) is 5.51. The minimum atomic E-state index is -3.21. The standard InChI is InChI=1S/C12H17N3O2S/c1-10-4-5-11(9-13)12(8-10)14-6-7-18(16,17)15(2)3/h4-5,8,14H,6-7H2,1-3H3. The van der Waals surface area contributed by atoms with Gasteiger partial charge in [-0.15, -0.1) is 0 Å². The first kappa shape index (κ1) is 14.5. The maximum atomic E-state index is 11.6. The SMILES string of the molecule is Cc1ccc(C#N)c(NCCS(=O)(=O)N(C)C)c1. The van der Waals surface area contributed by atoms with Crippen LogP contribution in [-0.2, 0) is 10.0 Å². The van der Waals surface area contributed by atoms with E-state index < -0.39 is 10.0 Å². The number of rotatable bonds is 5. The van der Waals surface area contributed by atoms with E-state index in [0.29, 0.717) is 11.3 Å². The topological polar surface area (TPSA) is 73.2 Å². The van der Waals surface area contributed by atoms with Crippen LogP contribution in [-0.4, -0.2) is 39.1 Å². The lowest BCUT2D eigenvalue weighted by Crippen LogP contribution is -2.28. The van der Waals surface area contributed by atoms with Gasteiger partial charge < -0.3 is 5.32 Å². The van der Waals surface area contributed by atoms with Crippen molar-refractivity contribution in [1.29, 1.82) is 5.26 Å². The van der Waals surface area contributed by atoms with E-state index in [0.717, 1.165) is 5.56 Å². The van der Waals surface area contributed by atoms with E-state index in [-0.39, 0.29) is 12.3 Å². The molecule has 0 heterocycles. The van der Waals surface area contributed by atoms with Crippen molar-refractivity contribution in [3.63, 3.8) is 0 Å². The minimum absolute atomic E-state index is 0.00118. The van der Waals surface area contributed by atoms with Crippen molar-refractivity contribution in [2.75, 3.05) is 31.7 Å². The van der Waals surface area contributed by atoms with E-state index in [1.54, 1.807) is 6.07 Å². The van der Waals surface area contributed by atoms with Crippen LogP contribution >= 0.6 is 0 Å². The summed E-state index contributed by atoms with van der Waals surface area (Å²) < 4.78 is 24.3. The van der Waals surface area contributed by atoms with Crippen LogP contribution in [0.15, 0.2) is 18.2 Å². The largest absolute Gasteiger partial charge is 0.383 e. The Morgan fingerprint density at radius 1 is 1.39 bits per heavy atom. The molecule has 0 aliphatic carbocycles. The number of nitriles is 1. The van der Waals surface area contributed by atoms with Gasteiger partial charge in [0.15, 0.2) is 0 Å². The molecule has 0 saturated heterocycles. The summed E-state index contributed by atoms with van der Waals surface area (Å²) >= 11 is 0. The van der Waals surface area contributed by atoms with E-state index in [4.69, 9.17) is 5.26 Å². The van der Waals surface area contributed by atoms with Crippen LogP contribution in [0.4, 0.5) is 5.69 Å². The molecule has 98 valence electrons. The lowest BCUT2D eigenvalue weighted by Gasteiger charge is -2.13. The molecule has 0 aromatic heterocycles. The highest BCUT2D eigenvalue weighted by Crippen LogP contribution is 2.16. The zero-order valence-electron chi connectivity index (χ0n) is 10.8. The fourth-order valence-electron chi connectivity index (χ4n) is 1.40. The van der Waals surface area contributed by atoms with E-state index in [2.05, 4.69) is 11.4 Å². The maximum Gasteiger partial charge on any atom is 0.215 e. The summed E-state index contributed by atoms with van der Waals surface area (Å²) in [7, 11) is -0.205. The number of hydrogen-bond donors (Lipinski definition) is 1. The van der Waals surface area contributed by atoms with Gasteiger partial charge in [-0.25, -0.2) is 12.7 Å². The van der Waals surface area contributed by atoms with Gasteiger partial charge in [0.05, 0.1) is 17.0 Å². The number of aryl methyl sites for hydroxylation is 1. The molecule has 0 spiro atoms. The Morgan fingerprint density at radius 2 is 2.06 bits per heavy atom. The lowest BCUT2D eigenvalue weighted by molar-refractivity contribution is 0.521. The second-order valence-corrected chi connectivity index (χ2v) is 6.49. The molecule has 0 saturated carbocycles. The summed E-state index contributed by atoms with van der Waals surface area (Å²) in [6, 6.07) is 7.47. The molecule has 6 heteroatoms. The predicted octanol–water partition coefficient (Wildman–Crippen LogP) is 1.17. The van der Waals surface area contributed by atoms with Crippen molar-refractivity contribution in [2.45, 2.75) is 6.92 Å². The van der Waals surface area contributed by atoms with Crippen molar-refractivity contribution < 1.29 is 8.42 Å². The third-order valence-corrected chi connectivity index (χ3v) is 4.36. The molecular formula is C12H17N3O2S. The summed E-state index contributed by atoms with van der Waals surface area (Å²) in [6.45, 7) is 2.20. The van der Waals surface area contributed by atoms with Gasteiger partial charge in [-0.2, -0.15) is 5.26 Å². The van der Waals surface area contributed by atoms with Crippen LogP contribution in [0.25, 0.3) is 0 Å². The average molecular weight is 267 g/mol. The Labute approximate surface area is 108 Å². The van der Waals surface area contributed by atoms with Crippen molar-refractivity contribution in [3.8, 4) is 6.07 Å². The third kappa shape index (κ3) is 3.72. The molecule has 0 unspecified atom stereocenters. The fourth-order valence-corrected chi connectivity index (χ4v) is 2.12. The number of hydrogen-bond acceptors (Lipinski definition) is 4. The van der Waals surface area contributed by atoms with Gasteiger partial charge in [0.25, 0.3) is 0 Å². The van der Waals surface area contributed by atoms with Crippen LogP contribution in [0.3, 0.4) is 0 Å². The van der Waals surface area contributed by atoms with E-state index in [1.165, 1.54) is 18.4 Å². The molecule has 0 bridgehead atoms. The van der Waals surface area contributed by atoms with Gasteiger partial charge in [0.2, 0.25) is 10.0 Å². The van der Waals surface area contributed by atoms with Gasteiger partial charge in [0.1, 0.15) is 6.07 Å². The number of nitrogens with zero attached hydrogens (tertiary/aromatic N) is 2. The average Bonchev–Trinajstić information content (AvgIpc) is 2.29. The second-order valence-electron chi connectivity index (χ2n) is 4.19. The monoisotopic (exact) mass is 267 g/mol. The summed E-state index contributed by atoms with van der Waals surface area (Å²) in [5.74, 6) is -0.00118. The first-order valence-corrected chi connectivity index (χ1v) is 7.12. The van der Waals surface area contributed by atoms with Crippen LogP contribution in [0.2, 0.25) is 0 Å². The molecule has 0 fully saturated rings. The molecule has 0 radical (unpaired) electrons. The normalized spacial score (nSPS) is 11.3. The van der Waals surface area contributed by atoms with Crippen LogP contribution < -0.4 is 5.32 Å². The van der Waals surface area contributed by atoms with Crippen LogP contribution in [0.5, 0.6) is 0 Å². The van der Waals surface area contributed by atoms with Crippen LogP contribution in [0, 0.1) is 18.3 Å². The van der Waals surface area contributed by atoms with Gasteiger partial charge in [-0.05, 0) is 24.6 Å². The van der Waals surface area contributed by atoms with Gasteiger partial charge in [-0.3, -0.25) is 0 Å². The molecule has 1 aromatic rings. The van der Waals surface area contributed by atoms with E-state index in [1.807, 2.05) is 19.1 Å². The molecule has 18 heavy (non-hydrogen) atoms. The summed E-state index contributed by atoms with van der Waals surface area (Å²) in [4.78, 5) is 0. The maximum absolute atomic E-state index is 11.6. The van der Waals surface area contributed by atoms with Gasteiger partial charge >= 0.3 is 0 Å². The highest BCUT2D eigenvalue weighted by Gasteiger charge is 2.13. The Kier molecular flexibility index (Phi) is 4.70. The Morgan fingerprint density at radius 3 is 2.61 bits per heavy atom. The molecule has 0 atom stereocenters. The predicted molar refractivity (Wildman–Crippen MR) is 71.9 cm³/mol. The lowest BCUT2D eigenvalue weighted by atomic mass is 10.1. The van der Waals surface area contributed by atoms with Crippen LogP contribution in [0.1, 0.15) is 11.1 Å². The molecule has 1 rings (SSSR count). The molecule has 0 aliphatic rings. The fraction of sp³-hybridized carbons (Fsp3) is 0.417. The Balaban J connectivity index is 2.71. The number of sulfonamides is 1. The number of anilines is 1. The molecular weight excluding hydrogens is 250 g/mol. The zero-order chi connectivity index (χ0) is 13.8. The molecule has 0 aliphatic heterocycles. The highest BCUT2D eigenvalue weighted by atomic mass is 32.2. The molecule has 1 N–H and O–H groups in total. The third-order valence-electron chi connectivity index (χ3n) is 2.53. The van der Waals surface area contributed by atoms with Crippen molar-refractivity contribution >= 4 is 15.7 Å². The quantitative estimate of drug-likeness (QED) is 0.869. The van der Waals surface area contributed by atoms with Crippen molar-refractivity contribution in [3.05, 3.63) is 29.3 Å². The zero-order valence-corrected chi connectivity index (χ0v) is 11.6.